The van der Waals surface area contributed by atoms with Gasteiger partial charge in [0.15, 0.2) is 0 Å². The molecule has 1 aromatic carbocycles. The number of hydrogen-bond donors (Lipinski definition) is 2. The predicted octanol–water partition coefficient (Wildman–Crippen LogP) is 2.37. The second-order valence-corrected chi connectivity index (χ2v) is 4.13. The Bertz CT molecular complexity index is 528. The second-order valence-electron chi connectivity index (χ2n) is 3.75. The summed E-state index contributed by atoms with van der Waals surface area (Å²) in [5.41, 5.74) is 7.18. The lowest BCUT2D eigenvalue weighted by atomic mass is 10.1. The highest BCUT2D eigenvalue weighted by Gasteiger charge is 2.15. The first-order valence-corrected chi connectivity index (χ1v) is 5.77. The Labute approximate surface area is 110 Å². The van der Waals surface area contributed by atoms with E-state index in [1.54, 1.807) is 12.1 Å². The summed E-state index contributed by atoms with van der Waals surface area (Å²) in [6, 6.07) is 11.7. The quantitative estimate of drug-likeness (QED) is 0.834. The number of amides is 1. The molecule has 3 N–H and O–H groups in total. The number of rotatable bonds is 3. The smallest absolute Gasteiger partial charge is 0.245 e. The molecule has 0 saturated carbocycles. The number of pyridine rings is 1. The Balaban J connectivity index is 2.06. The minimum absolute atomic E-state index is 0.287. The zero-order chi connectivity index (χ0) is 13.0. The maximum atomic E-state index is 11.9. The Morgan fingerprint density at radius 2 is 1.94 bits per heavy atom. The monoisotopic (exact) mass is 261 g/mol. The largest absolute Gasteiger partial charge is 0.323 e. The van der Waals surface area contributed by atoms with Gasteiger partial charge in [0.2, 0.25) is 5.91 Å². The zero-order valence-corrected chi connectivity index (χ0v) is 10.3. The van der Waals surface area contributed by atoms with E-state index < -0.39 is 6.04 Å². The lowest BCUT2D eigenvalue weighted by Gasteiger charge is -2.12. The molecule has 1 amide bonds. The minimum Gasteiger partial charge on any atom is -0.323 e. The highest BCUT2D eigenvalue weighted by Crippen LogP contribution is 2.14. The van der Waals surface area contributed by atoms with E-state index in [-0.39, 0.29) is 5.91 Å². The Hall–Kier alpha value is -1.91. The van der Waals surface area contributed by atoms with Gasteiger partial charge in [0.1, 0.15) is 11.2 Å². The van der Waals surface area contributed by atoms with Crippen molar-refractivity contribution < 1.29 is 4.79 Å². The molecule has 0 fully saturated rings. The maximum absolute atomic E-state index is 11.9. The van der Waals surface area contributed by atoms with Crippen LogP contribution in [0.3, 0.4) is 0 Å². The average Bonchev–Trinajstić information content (AvgIpc) is 2.41. The molecule has 0 radical (unpaired) electrons. The van der Waals surface area contributed by atoms with Crippen LogP contribution in [0.25, 0.3) is 0 Å². The third-order valence-electron chi connectivity index (χ3n) is 2.44. The summed E-state index contributed by atoms with van der Waals surface area (Å²) in [5, 5.41) is 3.06. The van der Waals surface area contributed by atoms with Crippen LogP contribution in [-0.4, -0.2) is 10.9 Å². The van der Waals surface area contributed by atoms with E-state index in [4.69, 9.17) is 17.3 Å². The van der Waals surface area contributed by atoms with Gasteiger partial charge in [-0.15, -0.1) is 0 Å². The molecule has 0 spiro atoms. The van der Waals surface area contributed by atoms with Gasteiger partial charge in [-0.3, -0.25) is 4.79 Å². The molecule has 0 aliphatic heterocycles. The van der Waals surface area contributed by atoms with Crippen LogP contribution >= 0.6 is 11.6 Å². The molecule has 1 atom stereocenters. The molecule has 18 heavy (non-hydrogen) atoms. The van der Waals surface area contributed by atoms with Crippen molar-refractivity contribution in [1.29, 1.82) is 0 Å². The number of hydrogen-bond acceptors (Lipinski definition) is 3. The SMILES string of the molecule is N[C@@H](C(=O)Nc1ccc(Cl)nc1)c1ccccc1. The number of halogens is 1. The lowest BCUT2D eigenvalue weighted by Crippen LogP contribution is -2.27. The molecule has 2 rings (SSSR count). The lowest BCUT2D eigenvalue weighted by molar-refractivity contribution is -0.117. The number of nitrogens with two attached hydrogens (primary N) is 1. The highest BCUT2D eigenvalue weighted by atomic mass is 35.5. The van der Waals surface area contributed by atoms with Crippen LogP contribution in [0.15, 0.2) is 48.7 Å². The predicted molar refractivity (Wildman–Crippen MR) is 71.2 cm³/mol. The second kappa shape index (κ2) is 5.62. The van der Waals surface area contributed by atoms with Crippen LogP contribution in [0.4, 0.5) is 5.69 Å². The van der Waals surface area contributed by atoms with Crippen molar-refractivity contribution in [3.63, 3.8) is 0 Å². The van der Waals surface area contributed by atoms with Crippen LogP contribution in [0.1, 0.15) is 11.6 Å². The van der Waals surface area contributed by atoms with Crippen LogP contribution < -0.4 is 11.1 Å². The van der Waals surface area contributed by atoms with Gasteiger partial charge in [0.25, 0.3) is 0 Å². The first-order chi connectivity index (χ1) is 8.66. The standard InChI is InChI=1S/C13H12ClN3O/c14-11-7-6-10(8-16-11)17-13(18)12(15)9-4-2-1-3-5-9/h1-8,12H,15H2,(H,17,18)/t12-/m1/s1. The molecular formula is C13H12ClN3O. The van der Waals surface area contributed by atoms with E-state index in [1.807, 2.05) is 30.3 Å². The van der Waals surface area contributed by atoms with E-state index in [1.165, 1.54) is 6.20 Å². The topological polar surface area (TPSA) is 68.0 Å². The molecule has 0 aliphatic rings. The molecule has 0 bridgehead atoms. The third-order valence-corrected chi connectivity index (χ3v) is 2.66. The molecule has 92 valence electrons. The molecule has 0 saturated heterocycles. The van der Waals surface area contributed by atoms with E-state index >= 15 is 0 Å². The molecule has 1 aromatic heterocycles. The summed E-state index contributed by atoms with van der Waals surface area (Å²) in [4.78, 5) is 15.8. The summed E-state index contributed by atoms with van der Waals surface area (Å²) in [5.74, 6) is -0.287. The van der Waals surface area contributed by atoms with Crippen molar-refractivity contribution in [2.45, 2.75) is 6.04 Å². The van der Waals surface area contributed by atoms with E-state index in [9.17, 15) is 4.79 Å². The van der Waals surface area contributed by atoms with Gasteiger partial charge in [0.05, 0.1) is 11.9 Å². The molecule has 4 nitrogen and oxygen atoms in total. The van der Waals surface area contributed by atoms with Gasteiger partial charge < -0.3 is 11.1 Å². The molecule has 0 unspecified atom stereocenters. The van der Waals surface area contributed by atoms with Gasteiger partial charge in [-0.1, -0.05) is 41.9 Å². The van der Waals surface area contributed by atoms with E-state index in [0.29, 0.717) is 10.8 Å². The van der Waals surface area contributed by atoms with Gasteiger partial charge >= 0.3 is 0 Å². The maximum Gasteiger partial charge on any atom is 0.245 e. The van der Waals surface area contributed by atoms with Crippen molar-refractivity contribution in [1.82, 2.24) is 4.98 Å². The first-order valence-electron chi connectivity index (χ1n) is 5.40. The molecule has 0 aliphatic carbocycles. The summed E-state index contributed by atoms with van der Waals surface area (Å²) >= 11 is 5.66. The normalized spacial score (nSPS) is 11.9. The molecule has 5 heteroatoms. The van der Waals surface area contributed by atoms with Gasteiger partial charge in [-0.05, 0) is 17.7 Å². The Kier molecular flexibility index (Phi) is 3.92. The summed E-state index contributed by atoms with van der Waals surface area (Å²) in [6.07, 6.45) is 1.48. The van der Waals surface area contributed by atoms with Crippen LogP contribution in [0.5, 0.6) is 0 Å². The van der Waals surface area contributed by atoms with Crippen molar-refractivity contribution >= 4 is 23.2 Å². The number of carbonyl (C=O) groups excluding carboxylic acids is 1. The highest BCUT2D eigenvalue weighted by molar-refractivity contribution is 6.29. The fourth-order valence-electron chi connectivity index (χ4n) is 1.48. The number of aromatic nitrogens is 1. The molecule has 1 heterocycles. The number of nitrogens with zero attached hydrogens (tertiary/aromatic N) is 1. The minimum atomic E-state index is -0.707. The summed E-state index contributed by atoms with van der Waals surface area (Å²) < 4.78 is 0. The van der Waals surface area contributed by atoms with Crippen molar-refractivity contribution in [3.05, 3.63) is 59.4 Å². The van der Waals surface area contributed by atoms with Crippen LogP contribution in [-0.2, 0) is 4.79 Å². The van der Waals surface area contributed by atoms with E-state index in [2.05, 4.69) is 10.3 Å². The number of nitrogens with one attached hydrogen (secondary N) is 1. The fraction of sp³-hybridized carbons (Fsp3) is 0.0769. The Morgan fingerprint density at radius 3 is 2.56 bits per heavy atom. The van der Waals surface area contributed by atoms with Crippen molar-refractivity contribution in [3.8, 4) is 0 Å². The van der Waals surface area contributed by atoms with Gasteiger partial charge in [0, 0.05) is 0 Å². The van der Waals surface area contributed by atoms with Crippen LogP contribution in [0.2, 0.25) is 5.15 Å². The summed E-state index contributed by atoms with van der Waals surface area (Å²) in [7, 11) is 0. The van der Waals surface area contributed by atoms with E-state index in [0.717, 1.165) is 5.56 Å². The van der Waals surface area contributed by atoms with Gasteiger partial charge in [-0.2, -0.15) is 0 Å². The average molecular weight is 262 g/mol. The number of carbonyl (C=O) groups is 1. The van der Waals surface area contributed by atoms with Gasteiger partial charge in [-0.25, -0.2) is 4.98 Å². The number of anilines is 1. The summed E-state index contributed by atoms with van der Waals surface area (Å²) in [6.45, 7) is 0. The molecular weight excluding hydrogens is 250 g/mol. The fourth-order valence-corrected chi connectivity index (χ4v) is 1.59. The number of benzene rings is 1. The third kappa shape index (κ3) is 3.06. The van der Waals surface area contributed by atoms with Crippen molar-refractivity contribution in [2.75, 3.05) is 5.32 Å². The first kappa shape index (κ1) is 12.5. The Morgan fingerprint density at radius 1 is 1.22 bits per heavy atom. The van der Waals surface area contributed by atoms with Crippen LogP contribution in [0, 0.1) is 0 Å². The zero-order valence-electron chi connectivity index (χ0n) is 9.51. The van der Waals surface area contributed by atoms with Crippen molar-refractivity contribution in [2.24, 2.45) is 5.73 Å². The molecule has 2 aromatic rings.